The predicted molar refractivity (Wildman–Crippen MR) is 195 cm³/mol. The second kappa shape index (κ2) is 14.7. The van der Waals surface area contributed by atoms with Gasteiger partial charge in [0.2, 0.25) is 5.88 Å². The smallest absolute Gasteiger partial charge is 0.414 e. The third kappa shape index (κ3) is 9.37. The van der Waals surface area contributed by atoms with Crippen LogP contribution in [0.5, 0.6) is 5.88 Å². The number of pyridine rings is 1. The summed E-state index contributed by atoms with van der Waals surface area (Å²) in [5.74, 6) is 0.970. The molecule has 0 spiro atoms. The molecule has 0 saturated carbocycles. The summed E-state index contributed by atoms with van der Waals surface area (Å²) in [7, 11) is -2.15. The second-order valence-corrected chi connectivity index (χ2v) is 20.9. The Labute approximate surface area is 297 Å². The summed E-state index contributed by atoms with van der Waals surface area (Å²) in [6, 6.07) is 9.74. The molecule has 1 aliphatic rings. The third-order valence-corrected chi connectivity index (χ3v) is 13.5. The van der Waals surface area contributed by atoms with Crippen molar-refractivity contribution in [1.82, 2.24) is 15.0 Å². The van der Waals surface area contributed by atoms with Crippen molar-refractivity contribution < 1.29 is 23.4 Å². The Balaban J connectivity index is 1.73. The number of amides is 1. The quantitative estimate of drug-likeness (QED) is 0.143. The number of benzene rings is 1. The number of aromatic nitrogens is 3. The van der Waals surface area contributed by atoms with E-state index in [1.165, 1.54) is 0 Å². The zero-order valence-electron chi connectivity index (χ0n) is 30.7. The number of carbonyl (C=O) groups excluding carboxylic acids is 1. The first kappa shape index (κ1) is 38.2. The third-order valence-electron chi connectivity index (χ3n) is 8.84. The number of rotatable bonds is 11. The van der Waals surface area contributed by atoms with Crippen LogP contribution in [-0.4, -0.2) is 67.4 Å². The van der Waals surface area contributed by atoms with E-state index >= 15 is 0 Å². The van der Waals surface area contributed by atoms with Gasteiger partial charge in [0, 0.05) is 48.5 Å². The molecule has 0 unspecified atom stereocenters. The van der Waals surface area contributed by atoms with Gasteiger partial charge in [-0.1, -0.05) is 39.3 Å². The molecule has 2 aromatic heterocycles. The van der Waals surface area contributed by atoms with Crippen LogP contribution in [0.25, 0.3) is 11.3 Å². The first-order valence-corrected chi connectivity index (χ1v) is 20.0. The maximum atomic E-state index is 13.6. The number of nitriles is 1. The van der Waals surface area contributed by atoms with E-state index in [0.29, 0.717) is 66.5 Å². The molecule has 1 amide bonds. The Morgan fingerprint density at radius 2 is 1.84 bits per heavy atom. The van der Waals surface area contributed by atoms with E-state index in [-0.39, 0.29) is 11.1 Å². The van der Waals surface area contributed by atoms with Gasteiger partial charge in [-0.3, -0.25) is 4.90 Å². The minimum atomic E-state index is -2.15. The molecule has 0 saturated heterocycles. The summed E-state index contributed by atoms with van der Waals surface area (Å²) in [5, 5.41) is 10.9. The molecule has 1 aromatic carbocycles. The van der Waals surface area contributed by atoms with Gasteiger partial charge < -0.3 is 18.6 Å². The average molecular weight is 708 g/mol. The minimum Gasteiger partial charge on any atom is -0.475 e. The molecule has 1 aliphatic heterocycles. The molecule has 3 aromatic rings. The van der Waals surface area contributed by atoms with Gasteiger partial charge in [-0.2, -0.15) is 5.26 Å². The number of halogens is 1. The van der Waals surface area contributed by atoms with Gasteiger partial charge in [0.15, 0.2) is 8.32 Å². The van der Waals surface area contributed by atoms with E-state index < -0.39 is 25.4 Å². The van der Waals surface area contributed by atoms with Crippen molar-refractivity contribution >= 4 is 31.7 Å². The SMILES string of the molecule is CC(C)OCCOc1ncc(Cl)cc1Cc1nccc(-c2cc(C#N)c3c(c2)[C@@](C)(CO[Si](C)(C)C(C)(C)C)CN3C(=O)OC(C)(C)C)n1. The molecular weight excluding hydrogens is 658 g/mol. The molecule has 0 aliphatic carbocycles. The van der Waals surface area contributed by atoms with Crippen molar-refractivity contribution in [2.24, 2.45) is 0 Å². The Morgan fingerprint density at radius 1 is 1.12 bits per heavy atom. The van der Waals surface area contributed by atoms with Crippen molar-refractivity contribution in [1.29, 1.82) is 5.26 Å². The number of hydrogen-bond donors (Lipinski definition) is 0. The molecule has 0 bridgehead atoms. The van der Waals surface area contributed by atoms with Crippen LogP contribution in [0.2, 0.25) is 23.2 Å². The Hall–Kier alpha value is -3.56. The van der Waals surface area contributed by atoms with Gasteiger partial charge in [-0.25, -0.2) is 19.7 Å². The molecule has 0 radical (unpaired) electrons. The first-order valence-electron chi connectivity index (χ1n) is 16.7. The molecule has 0 fully saturated rings. The van der Waals surface area contributed by atoms with Crippen molar-refractivity contribution in [2.75, 3.05) is 31.3 Å². The molecule has 0 N–H and O–H groups in total. The fourth-order valence-electron chi connectivity index (χ4n) is 5.25. The van der Waals surface area contributed by atoms with Crippen LogP contribution in [0.3, 0.4) is 0 Å². The number of anilines is 1. The average Bonchev–Trinajstić information content (AvgIpc) is 3.30. The van der Waals surface area contributed by atoms with E-state index in [4.69, 9.17) is 35.2 Å². The summed E-state index contributed by atoms with van der Waals surface area (Å²) < 4.78 is 24.1. The number of ether oxygens (including phenoxy) is 3. The van der Waals surface area contributed by atoms with Gasteiger partial charge in [-0.05, 0) is 82.6 Å². The lowest BCUT2D eigenvalue weighted by Crippen LogP contribution is -2.46. The number of carbonyl (C=O) groups is 1. The van der Waals surface area contributed by atoms with Crippen LogP contribution in [0.4, 0.5) is 10.5 Å². The molecule has 3 heterocycles. The molecular formula is C37H50ClN5O5Si. The van der Waals surface area contributed by atoms with Crippen LogP contribution in [-0.2, 0) is 25.7 Å². The first-order chi connectivity index (χ1) is 22.7. The summed E-state index contributed by atoms with van der Waals surface area (Å²) in [5.41, 5.74) is 2.53. The monoisotopic (exact) mass is 707 g/mol. The van der Waals surface area contributed by atoms with E-state index in [2.05, 4.69) is 56.8 Å². The lowest BCUT2D eigenvalue weighted by atomic mass is 9.83. The van der Waals surface area contributed by atoms with Crippen LogP contribution < -0.4 is 9.64 Å². The summed E-state index contributed by atoms with van der Waals surface area (Å²) >= 11 is 6.32. The summed E-state index contributed by atoms with van der Waals surface area (Å²) in [6.07, 6.45) is 3.16. The van der Waals surface area contributed by atoms with Gasteiger partial charge in [0.05, 0.1) is 34.7 Å². The zero-order chi connectivity index (χ0) is 36.4. The fourth-order valence-corrected chi connectivity index (χ4v) is 6.54. The van der Waals surface area contributed by atoms with Gasteiger partial charge in [0.1, 0.15) is 24.1 Å². The van der Waals surface area contributed by atoms with Gasteiger partial charge in [-0.15, -0.1) is 0 Å². The lowest BCUT2D eigenvalue weighted by Gasteiger charge is -2.39. The van der Waals surface area contributed by atoms with E-state index in [1.807, 2.05) is 46.8 Å². The maximum Gasteiger partial charge on any atom is 0.414 e. The molecule has 10 nitrogen and oxygen atoms in total. The maximum absolute atomic E-state index is 13.6. The topological polar surface area (TPSA) is 120 Å². The van der Waals surface area contributed by atoms with Gasteiger partial charge in [0.25, 0.3) is 0 Å². The van der Waals surface area contributed by atoms with Crippen molar-refractivity contribution in [2.45, 2.75) is 104 Å². The van der Waals surface area contributed by atoms with E-state index in [0.717, 1.165) is 16.7 Å². The summed E-state index contributed by atoms with van der Waals surface area (Å²) in [4.78, 5) is 29.0. The standard InChI is InChI=1S/C37H50ClN5O5Si/c1-24(2)45-14-15-46-33-26(17-28(38)21-41-33)19-31-40-13-12-30(42-31)25-16-27(20-39)32-29(18-25)37(9,23-47-49(10,11)36(6,7)8)22-43(32)34(44)48-35(3,4)5/h12-13,16-18,21,24H,14-15,19,22-23H2,1-11H3/t37-/m1/s1. The largest absolute Gasteiger partial charge is 0.475 e. The van der Waals surface area contributed by atoms with Crippen molar-refractivity contribution in [3.8, 4) is 23.2 Å². The fraction of sp³-hybridized carbons (Fsp3) is 0.541. The summed E-state index contributed by atoms with van der Waals surface area (Å²) in [6.45, 7) is 24.0. The highest BCUT2D eigenvalue weighted by molar-refractivity contribution is 6.74. The van der Waals surface area contributed by atoms with Crippen LogP contribution >= 0.6 is 11.6 Å². The Kier molecular flexibility index (Phi) is 11.5. The van der Waals surface area contributed by atoms with E-state index in [1.54, 1.807) is 29.4 Å². The number of fused-ring (bicyclic) bond motifs is 1. The number of nitrogens with zero attached hydrogens (tertiary/aromatic N) is 5. The van der Waals surface area contributed by atoms with Crippen LogP contribution in [0.1, 0.15) is 84.8 Å². The zero-order valence-corrected chi connectivity index (χ0v) is 32.5. The van der Waals surface area contributed by atoms with E-state index in [9.17, 15) is 10.1 Å². The second-order valence-electron chi connectivity index (χ2n) is 15.6. The van der Waals surface area contributed by atoms with Crippen LogP contribution in [0.15, 0.2) is 36.7 Å². The number of hydrogen-bond acceptors (Lipinski definition) is 9. The molecule has 49 heavy (non-hydrogen) atoms. The Bertz CT molecular complexity index is 1710. The highest BCUT2D eigenvalue weighted by Crippen LogP contribution is 2.47. The Morgan fingerprint density at radius 3 is 2.47 bits per heavy atom. The lowest BCUT2D eigenvalue weighted by molar-refractivity contribution is 0.0540. The highest BCUT2D eigenvalue weighted by Gasteiger charge is 2.47. The van der Waals surface area contributed by atoms with Crippen molar-refractivity contribution in [3.63, 3.8) is 0 Å². The molecule has 264 valence electrons. The highest BCUT2D eigenvalue weighted by atomic mass is 35.5. The minimum absolute atomic E-state index is 0.00205. The normalized spacial score (nSPS) is 16.4. The van der Waals surface area contributed by atoms with Crippen LogP contribution in [0, 0.1) is 11.3 Å². The molecule has 4 rings (SSSR count). The molecule has 12 heteroatoms. The molecule has 1 atom stereocenters. The van der Waals surface area contributed by atoms with Gasteiger partial charge >= 0.3 is 6.09 Å². The predicted octanol–water partition coefficient (Wildman–Crippen LogP) is 8.49. The van der Waals surface area contributed by atoms with Crippen molar-refractivity contribution in [3.05, 3.63) is 64.2 Å².